The van der Waals surface area contributed by atoms with Crippen molar-refractivity contribution in [3.05, 3.63) is 29.8 Å². The minimum atomic E-state index is -0.444. The van der Waals surface area contributed by atoms with E-state index in [0.29, 0.717) is 24.4 Å². The first-order chi connectivity index (χ1) is 10.1. The molecule has 1 atom stereocenters. The van der Waals surface area contributed by atoms with Gasteiger partial charge in [-0.1, -0.05) is 12.1 Å². The molecule has 1 amide bonds. The Hall–Kier alpha value is -1.88. The fourth-order valence-electron chi connectivity index (χ4n) is 2.50. The summed E-state index contributed by atoms with van der Waals surface area (Å²) in [6.45, 7) is 5.61. The highest BCUT2D eigenvalue weighted by Crippen LogP contribution is 2.28. The first kappa shape index (κ1) is 15.5. The van der Waals surface area contributed by atoms with Crippen molar-refractivity contribution in [1.29, 1.82) is 0 Å². The van der Waals surface area contributed by atoms with E-state index >= 15 is 0 Å². The first-order valence-corrected chi connectivity index (χ1v) is 7.35. The number of ether oxygens (including phenoxy) is 1. The summed E-state index contributed by atoms with van der Waals surface area (Å²) in [6.07, 6.45) is 1.82. The van der Waals surface area contributed by atoms with Gasteiger partial charge in [0, 0.05) is 6.54 Å². The zero-order chi connectivity index (χ0) is 15.3. The molecule has 114 valence electrons. The highest BCUT2D eigenvalue weighted by molar-refractivity contribution is 6.02. The van der Waals surface area contributed by atoms with Crippen molar-refractivity contribution < 1.29 is 14.3 Å². The van der Waals surface area contributed by atoms with Gasteiger partial charge in [-0.25, -0.2) is 4.79 Å². The molecule has 1 aliphatic rings. The number of hydrogen-bond acceptors (Lipinski definition) is 4. The summed E-state index contributed by atoms with van der Waals surface area (Å²) in [5.74, 6) is -0.480. The number of carbonyl (C=O) groups is 2. The maximum absolute atomic E-state index is 12.5. The summed E-state index contributed by atoms with van der Waals surface area (Å²) < 4.78 is 5.02. The summed E-state index contributed by atoms with van der Waals surface area (Å²) in [6, 6.07) is 6.93. The van der Waals surface area contributed by atoms with Crippen molar-refractivity contribution in [1.82, 2.24) is 5.32 Å². The lowest BCUT2D eigenvalue weighted by Crippen LogP contribution is -2.46. The summed E-state index contributed by atoms with van der Waals surface area (Å²) in [4.78, 5) is 24.4. The number of para-hydroxylation sites is 1. The molecule has 0 aromatic heterocycles. The third kappa shape index (κ3) is 3.61. The number of piperidine rings is 1. The van der Waals surface area contributed by atoms with Gasteiger partial charge in [0.1, 0.15) is 0 Å². The monoisotopic (exact) mass is 290 g/mol. The number of esters is 1. The van der Waals surface area contributed by atoms with E-state index in [9.17, 15) is 9.59 Å². The third-order valence-electron chi connectivity index (χ3n) is 3.82. The molecule has 1 aromatic carbocycles. The van der Waals surface area contributed by atoms with Gasteiger partial charge in [0.25, 0.3) is 0 Å². The van der Waals surface area contributed by atoms with Crippen LogP contribution in [0.5, 0.6) is 0 Å². The van der Waals surface area contributed by atoms with Crippen LogP contribution in [0.1, 0.15) is 37.0 Å². The van der Waals surface area contributed by atoms with Crippen molar-refractivity contribution >= 4 is 17.6 Å². The molecule has 0 spiro atoms. The Bertz CT molecular complexity index is 522. The molecule has 0 radical (unpaired) electrons. The van der Waals surface area contributed by atoms with E-state index in [4.69, 9.17) is 4.74 Å². The number of benzene rings is 1. The Morgan fingerprint density at radius 1 is 1.38 bits per heavy atom. The lowest BCUT2D eigenvalue weighted by atomic mass is 9.82. The Morgan fingerprint density at radius 2 is 2.14 bits per heavy atom. The molecule has 0 saturated carbocycles. The fourth-order valence-corrected chi connectivity index (χ4v) is 2.50. The molecule has 5 heteroatoms. The quantitative estimate of drug-likeness (QED) is 0.834. The van der Waals surface area contributed by atoms with Gasteiger partial charge in [0.05, 0.1) is 23.3 Å². The average molecular weight is 290 g/mol. The molecule has 0 aliphatic carbocycles. The SMILES string of the molecule is CCOC(=O)c1ccccc1NC(=O)C1(C)CCCNC1. The number of anilines is 1. The number of nitrogens with one attached hydrogen (secondary N) is 2. The number of hydrogen-bond donors (Lipinski definition) is 2. The van der Waals surface area contributed by atoms with Gasteiger partial charge in [0.15, 0.2) is 0 Å². The topological polar surface area (TPSA) is 67.4 Å². The van der Waals surface area contributed by atoms with Gasteiger partial charge in [-0.05, 0) is 45.4 Å². The van der Waals surface area contributed by atoms with Crippen LogP contribution in [0, 0.1) is 5.41 Å². The zero-order valence-electron chi connectivity index (χ0n) is 12.6. The van der Waals surface area contributed by atoms with Crippen molar-refractivity contribution in [2.75, 3.05) is 25.0 Å². The van der Waals surface area contributed by atoms with Gasteiger partial charge in [0.2, 0.25) is 5.91 Å². The smallest absolute Gasteiger partial charge is 0.340 e. The molecular formula is C16H22N2O3. The molecule has 2 N–H and O–H groups in total. The number of amides is 1. The van der Waals surface area contributed by atoms with Gasteiger partial charge in [-0.3, -0.25) is 4.79 Å². The number of carbonyl (C=O) groups excluding carboxylic acids is 2. The standard InChI is InChI=1S/C16H22N2O3/c1-3-21-14(19)12-7-4-5-8-13(12)18-15(20)16(2)9-6-10-17-11-16/h4-5,7-8,17H,3,6,9-11H2,1-2H3,(H,18,20). The van der Waals surface area contributed by atoms with E-state index in [2.05, 4.69) is 10.6 Å². The number of rotatable bonds is 4. The van der Waals surface area contributed by atoms with Crippen molar-refractivity contribution in [3.8, 4) is 0 Å². The van der Waals surface area contributed by atoms with Crippen LogP contribution in [0.4, 0.5) is 5.69 Å². The second-order valence-electron chi connectivity index (χ2n) is 5.56. The van der Waals surface area contributed by atoms with Crippen LogP contribution >= 0.6 is 0 Å². The molecule has 1 heterocycles. The molecule has 0 bridgehead atoms. The van der Waals surface area contributed by atoms with Crippen LogP contribution in [0.25, 0.3) is 0 Å². The van der Waals surface area contributed by atoms with E-state index in [-0.39, 0.29) is 5.91 Å². The van der Waals surface area contributed by atoms with E-state index in [1.807, 2.05) is 6.92 Å². The van der Waals surface area contributed by atoms with E-state index in [1.54, 1.807) is 31.2 Å². The van der Waals surface area contributed by atoms with E-state index in [1.165, 1.54) is 0 Å². The minimum Gasteiger partial charge on any atom is -0.462 e. The predicted octanol–water partition coefficient (Wildman–Crippen LogP) is 2.19. The Labute approximate surface area is 125 Å². The lowest BCUT2D eigenvalue weighted by Gasteiger charge is -2.32. The van der Waals surface area contributed by atoms with Gasteiger partial charge < -0.3 is 15.4 Å². The molecule has 2 rings (SSSR count). The Morgan fingerprint density at radius 3 is 2.81 bits per heavy atom. The molecule has 1 saturated heterocycles. The minimum absolute atomic E-state index is 0.0635. The second kappa shape index (κ2) is 6.72. The largest absolute Gasteiger partial charge is 0.462 e. The summed E-state index contributed by atoms with van der Waals surface area (Å²) in [5, 5.41) is 6.13. The van der Waals surface area contributed by atoms with Crippen LogP contribution < -0.4 is 10.6 Å². The molecule has 1 aliphatic heterocycles. The van der Waals surface area contributed by atoms with Gasteiger partial charge in [-0.2, -0.15) is 0 Å². The molecule has 1 aromatic rings. The maximum atomic E-state index is 12.5. The fraction of sp³-hybridized carbons (Fsp3) is 0.500. The van der Waals surface area contributed by atoms with Gasteiger partial charge >= 0.3 is 5.97 Å². The zero-order valence-corrected chi connectivity index (χ0v) is 12.6. The van der Waals surface area contributed by atoms with Crippen LogP contribution in [0.3, 0.4) is 0 Å². The van der Waals surface area contributed by atoms with E-state index in [0.717, 1.165) is 19.4 Å². The predicted molar refractivity (Wildman–Crippen MR) is 81.2 cm³/mol. The summed E-state index contributed by atoms with van der Waals surface area (Å²) in [5.41, 5.74) is 0.452. The average Bonchev–Trinajstić information content (AvgIpc) is 2.48. The van der Waals surface area contributed by atoms with Gasteiger partial charge in [-0.15, -0.1) is 0 Å². The second-order valence-corrected chi connectivity index (χ2v) is 5.56. The Balaban J connectivity index is 2.15. The normalized spacial score (nSPS) is 21.6. The van der Waals surface area contributed by atoms with Crippen molar-refractivity contribution in [2.24, 2.45) is 5.41 Å². The molecule has 5 nitrogen and oxygen atoms in total. The Kier molecular flexibility index (Phi) is 4.96. The van der Waals surface area contributed by atoms with Crippen LogP contribution in [-0.4, -0.2) is 31.6 Å². The maximum Gasteiger partial charge on any atom is 0.340 e. The van der Waals surface area contributed by atoms with E-state index < -0.39 is 11.4 Å². The first-order valence-electron chi connectivity index (χ1n) is 7.35. The summed E-state index contributed by atoms with van der Waals surface area (Å²) >= 11 is 0. The molecule has 1 fully saturated rings. The third-order valence-corrected chi connectivity index (χ3v) is 3.82. The van der Waals surface area contributed by atoms with Crippen molar-refractivity contribution in [3.63, 3.8) is 0 Å². The highest BCUT2D eigenvalue weighted by atomic mass is 16.5. The highest BCUT2D eigenvalue weighted by Gasteiger charge is 2.35. The molecule has 21 heavy (non-hydrogen) atoms. The molecular weight excluding hydrogens is 268 g/mol. The summed E-state index contributed by atoms with van der Waals surface area (Å²) in [7, 11) is 0. The lowest BCUT2D eigenvalue weighted by molar-refractivity contribution is -0.125. The van der Waals surface area contributed by atoms with Crippen LogP contribution in [0.15, 0.2) is 24.3 Å². The van der Waals surface area contributed by atoms with Crippen LogP contribution in [-0.2, 0) is 9.53 Å². The van der Waals surface area contributed by atoms with Crippen LogP contribution in [0.2, 0.25) is 0 Å². The van der Waals surface area contributed by atoms with Crippen molar-refractivity contribution in [2.45, 2.75) is 26.7 Å². The molecule has 1 unspecified atom stereocenters.